The van der Waals surface area contributed by atoms with Gasteiger partial charge in [-0.15, -0.1) is 0 Å². The highest BCUT2D eigenvalue weighted by Gasteiger charge is 2.21. The van der Waals surface area contributed by atoms with Crippen LogP contribution in [-0.2, 0) is 19.1 Å². The Balaban J connectivity index is 1.98. The highest BCUT2D eigenvalue weighted by molar-refractivity contribution is 6.16. The van der Waals surface area contributed by atoms with Gasteiger partial charge in [-0.25, -0.2) is 0 Å². The van der Waals surface area contributed by atoms with Crippen molar-refractivity contribution in [3.8, 4) is 0 Å². The van der Waals surface area contributed by atoms with Crippen molar-refractivity contribution >= 4 is 11.6 Å². The van der Waals surface area contributed by atoms with E-state index in [0.29, 0.717) is 13.2 Å². The van der Waals surface area contributed by atoms with Gasteiger partial charge in [-0.1, -0.05) is 0 Å². The molecule has 1 heterocycles. The maximum atomic E-state index is 11.3. The molecule has 1 saturated heterocycles. The molecule has 2 aliphatic rings. The summed E-state index contributed by atoms with van der Waals surface area (Å²) in [6.07, 6.45) is 5.27. The number of hydrogen-bond acceptors (Lipinski definition) is 4. The third-order valence-corrected chi connectivity index (χ3v) is 2.38. The minimum atomic E-state index is -0.235. The van der Waals surface area contributed by atoms with E-state index < -0.39 is 0 Å². The fourth-order valence-corrected chi connectivity index (χ4v) is 1.55. The maximum Gasteiger partial charge on any atom is 0.220 e. The molecule has 1 aliphatic heterocycles. The molecule has 0 saturated carbocycles. The Bertz CT molecular complexity index is 334. The van der Waals surface area contributed by atoms with E-state index in [1.165, 1.54) is 18.2 Å². The molecule has 4 nitrogen and oxygen atoms in total. The molecular weight excluding hydrogens is 196 g/mol. The van der Waals surface area contributed by atoms with Crippen LogP contribution < -0.4 is 0 Å². The summed E-state index contributed by atoms with van der Waals surface area (Å²) in [6.45, 7) is 1.30. The molecule has 0 unspecified atom stereocenters. The molecular formula is C11H12O4. The minimum absolute atomic E-state index is 0.00625. The molecule has 1 fully saturated rings. The lowest BCUT2D eigenvalue weighted by Crippen LogP contribution is -2.25. The van der Waals surface area contributed by atoms with Crippen molar-refractivity contribution < 1.29 is 19.1 Å². The minimum Gasteiger partial charge on any atom is -0.486 e. The Labute approximate surface area is 87.5 Å². The van der Waals surface area contributed by atoms with E-state index in [1.807, 2.05) is 0 Å². The molecule has 1 aliphatic carbocycles. The number of carbonyl (C=O) groups is 2. The predicted octanol–water partition coefficient (Wildman–Crippen LogP) is 0.774. The van der Waals surface area contributed by atoms with Crippen LogP contribution in [0.3, 0.4) is 0 Å². The molecule has 0 N–H and O–H groups in total. The molecule has 15 heavy (non-hydrogen) atoms. The summed E-state index contributed by atoms with van der Waals surface area (Å²) >= 11 is 0. The summed E-state index contributed by atoms with van der Waals surface area (Å²) in [5.74, 6) is -0.271. The van der Waals surface area contributed by atoms with E-state index in [2.05, 4.69) is 0 Å². The van der Waals surface area contributed by atoms with Crippen molar-refractivity contribution in [3.05, 3.63) is 24.0 Å². The largest absolute Gasteiger partial charge is 0.486 e. The number of ether oxygens (including phenoxy) is 2. The smallest absolute Gasteiger partial charge is 0.220 e. The van der Waals surface area contributed by atoms with Crippen molar-refractivity contribution in [2.24, 2.45) is 0 Å². The Morgan fingerprint density at radius 2 is 1.93 bits per heavy atom. The second-order valence-electron chi connectivity index (χ2n) is 3.54. The van der Waals surface area contributed by atoms with Gasteiger partial charge in [-0.05, 0) is 12.2 Å². The lowest BCUT2D eigenvalue weighted by molar-refractivity contribution is -0.119. The van der Waals surface area contributed by atoms with Gasteiger partial charge in [0.1, 0.15) is 6.10 Å². The first-order valence-electron chi connectivity index (χ1n) is 4.98. The highest BCUT2D eigenvalue weighted by Crippen LogP contribution is 2.17. The molecule has 0 atom stereocenters. The third-order valence-electron chi connectivity index (χ3n) is 2.38. The van der Waals surface area contributed by atoms with Gasteiger partial charge in [0.15, 0.2) is 11.5 Å². The summed E-state index contributed by atoms with van der Waals surface area (Å²) in [5.41, 5.74) is 0. The van der Waals surface area contributed by atoms with E-state index in [9.17, 15) is 9.59 Å². The Hall–Kier alpha value is -1.42. The zero-order valence-corrected chi connectivity index (χ0v) is 8.27. The van der Waals surface area contributed by atoms with Crippen LogP contribution in [0.5, 0.6) is 0 Å². The highest BCUT2D eigenvalue weighted by atomic mass is 16.5. The van der Waals surface area contributed by atoms with Gasteiger partial charge in [-0.2, -0.15) is 0 Å². The summed E-state index contributed by atoms with van der Waals surface area (Å²) in [4.78, 5) is 22.4. The summed E-state index contributed by atoms with van der Waals surface area (Å²) in [7, 11) is 0. The first kappa shape index (κ1) is 10.1. The molecule has 80 valence electrons. The van der Waals surface area contributed by atoms with Crippen LogP contribution in [0.2, 0.25) is 0 Å². The zero-order chi connectivity index (χ0) is 10.7. The maximum absolute atomic E-state index is 11.3. The fourth-order valence-electron chi connectivity index (χ4n) is 1.55. The number of rotatable bonds is 2. The lowest BCUT2D eigenvalue weighted by atomic mass is 10.1. The van der Waals surface area contributed by atoms with Gasteiger partial charge in [0.25, 0.3) is 0 Å². The Morgan fingerprint density at radius 1 is 1.20 bits per heavy atom. The molecule has 0 aromatic rings. The molecule has 0 aromatic carbocycles. The van der Waals surface area contributed by atoms with Gasteiger partial charge >= 0.3 is 0 Å². The van der Waals surface area contributed by atoms with E-state index >= 15 is 0 Å². The SMILES string of the molecule is O=C1C=CC(=O)C(OC2CCOCC2)=C1. The van der Waals surface area contributed by atoms with Gasteiger partial charge in [0.05, 0.1) is 13.2 Å². The fraction of sp³-hybridized carbons (Fsp3) is 0.455. The standard InChI is InChI=1S/C11H12O4/c12-8-1-2-10(13)11(7-8)15-9-3-5-14-6-4-9/h1-2,7,9H,3-6H2. The molecule has 2 rings (SSSR count). The van der Waals surface area contributed by atoms with Gasteiger partial charge in [0.2, 0.25) is 5.78 Å². The lowest BCUT2D eigenvalue weighted by Gasteiger charge is -2.24. The predicted molar refractivity (Wildman–Crippen MR) is 52.2 cm³/mol. The quantitative estimate of drug-likeness (QED) is 0.629. The van der Waals surface area contributed by atoms with Crippen LogP contribution in [0.25, 0.3) is 0 Å². The molecule has 0 spiro atoms. The number of carbonyl (C=O) groups excluding carboxylic acids is 2. The number of allylic oxidation sites excluding steroid dienone is 3. The van der Waals surface area contributed by atoms with Crippen molar-refractivity contribution in [1.29, 1.82) is 0 Å². The van der Waals surface area contributed by atoms with E-state index in [0.717, 1.165) is 12.8 Å². The Morgan fingerprint density at radius 3 is 2.67 bits per heavy atom. The summed E-state index contributed by atoms with van der Waals surface area (Å²) in [5, 5.41) is 0. The average Bonchev–Trinajstić information content (AvgIpc) is 2.25. The van der Waals surface area contributed by atoms with Gasteiger partial charge < -0.3 is 9.47 Å². The number of ketones is 2. The second-order valence-corrected chi connectivity index (χ2v) is 3.54. The van der Waals surface area contributed by atoms with Crippen LogP contribution in [-0.4, -0.2) is 30.9 Å². The molecule has 0 radical (unpaired) electrons. The van der Waals surface area contributed by atoms with Crippen LogP contribution in [0.1, 0.15) is 12.8 Å². The molecule has 4 heteroatoms. The van der Waals surface area contributed by atoms with Crippen LogP contribution >= 0.6 is 0 Å². The summed E-state index contributed by atoms with van der Waals surface area (Å²) < 4.78 is 10.6. The van der Waals surface area contributed by atoms with E-state index in [1.54, 1.807) is 0 Å². The van der Waals surface area contributed by atoms with Crippen LogP contribution in [0, 0.1) is 0 Å². The van der Waals surface area contributed by atoms with Crippen molar-refractivity contribution in [2.75, 3.05) is 13.2 Å². The zero-order valence-electron chi connectivity index (χ0n) is 8.27. The van der Waals surface area contributed by atoms with Crippen molar-refractivity contribution in [2.45, 2.75) is 18.9 Å². The monoisotopic (exact) mass is 208 g/mol. The van der Waals surface area contributed by atoms with Crippen LogP contribution in [0.4, 0.5) is 0 Å². The number of hydrogen-bond donors (Lipinski definition) is 0. The average molecular weight is 208 g/mol. The first-order valence-corrected chi connectivity index (χ1v) is 4.98. The van der Waals surface area contributed by atoms with Gasteiger partial charge in [-0.3, -0.25) is 9.59 Å². The molecule has 0 aromatic heterocycles. The van der Waals surface area contributed by atoms with E-state index in [-0.39, 0.29) is 23.4 Å². The second kappa shape index (κ2) is 4.40. The topological polar surface area (TPSA) is 52.6 Å². The van der Waals surface area contributed by atoms with E-state index in [4.69, 9.17) is 9.47 Å². The van der Waals surface area contributed by atoms with Gasteiger partial charge in [0, 0.05) is 18.9 Å². The van der Waals surface area contributed by atoms with Crippen LogP contribution in [0.15, 0.2) is 24.0 Å². The normalized spacial score (nSPS) is 22.8. The van der Waals surface area contributed by atoms with Crippen molar-refractivity contribution in [1.82, 2.24) is 0 Å². The third kappa shape index (κ3) is 2.53. The Kier molecular flexibility index (Phi) is 2.97. The molecule has 0 amide bonds. The molecule has 0 bridgehead atoms. The first-order chi connectivity index (χ1) is 7.25. The van der Waals surface area contributed by atoms with Crippen molar-refractivity contribution in [3.63, 3.8) is 0 Å². The summed E-state index contributed by atoms with van der Waals surface area (Å²) in [6, 6.07) is 0.